The van der Waals surface area contributed by atoms with Gasteiger partial charge >= 0.3 is 6.09 Å². The first-order valence-electron chi connectivity index (χ1n) is 6.19. The number of nitrogen functional groups attached to an aromatic ring is 1. The van der Waals surface area contributed by atoms with E-state index in [2.05, 4.69) is 15.0 Å². The number of alkyl carbamates (subject to hydrolysis) is 1. The van der Waals surface area contributed by atoms with Crippen molar-refractivity contribution in [3.8, 4) is 0 Å². The molecule has 1 heterocycles. The number of nitrogens with zero attached hydrogens (tertiary/aromatic N) is 1. The van der Waals surface area contributed by atoms with Crippen molar-refractivity contribution >= 4 is 11.8 Å². The summed E-state index contributed by atoms with van der Waals surface area (Å²) in [4.78, 5) is 13.2. The van der Waals surface area contributed by atoms with E-state index in [9.17, 15) is 9.18 Å². The number of likely N-dealkylation sites (tertiary alicyclic amines) is 1. The van der Waals surface area contributed by atoms with Crippen LogP contribution in [0.1, 0.15) is 12.0 Å². The summed E-state index contributed by atoms with van der Waals surface area (Å²) in [6, 6.07) is 4.45. The van der Waals surface area contributed by atoms with Gasteiger partial charge in [-0.05, 0) is 30.2 Å². The summed E-state index contributed by atoms with van der Waals surface area (Å²) < 4.78 is 17.7. The molecule has 6 heteroatoms. The van der Waals surface area contributed by atoms with Crippen LogP contribution in [0, 0.1) is 5.82 Å². The Morgan fingerprint density at radius 1 is 1.63 bits per heavy atom. The van der Waals surface area contributed by atoms with Crippen LogP contribution < -0.4 is 11.1 Å². The van der Waals surface area contributed by atoms with Crippen LogP contribution in [-0.2, 0) is 11.3 Å². The van der Waals surface area contributed by atoms with Crippen LogP contribution in [0.5, 0.6) is 0 Å². The SMILES string of the molecule is COC(=O)NC1CCN(Cc2cc(F)ccc2N)C1. The monoisotopic (exact) mass is 267 g/mol. The van der Waals surface area contributed by atoms with Gasteiger partial charge in [0.25, 0.3) is 0 Å². The first kappa shape index (κ1) is 13.6. The van der Waals surface area contributed by atoms with Gasteiger partial charge in [-0.1, -0.05) is 0 Å². The molecule has 0 radical (unpaired) electrons. The summed E-state index contributed by atoms with van der Waals surface area (Å²) in [6.07, 6.45) is 0.432. The fourth-order valence-corrected chi connectivity index (χ4v) is 2.27. The van der Waals surface area contributed by atoms with Crippen molar-refractivity contribution in [2.24, 2.45) is 0 Å². The molecule has 0 spiro atoms. The number of ether oxygens (including phenoxy) is 1. The van der Waals surface area contributed by atoms with Crippen LogP contribution in [0.15, 0.2) is 18.2 Å². The molecule has 0 bridgehead atoms. The van der Waals surface area contributed by atoms with E-state index in [0.717, 1.165) is 18.5 Å². The number of benzene rings is 1. The molecule has 19 heavy (non-hydrogen) atoms. The molecule has 1 unspecified atom stereocenters. The molecule has 1 aliphatic rings. The van der Waals surface area contributed by atoms with Gasteiger partial charge in [-0.2, -0.15) is 0 Å². The van der Waals surface area contributed by atoms with Crippen molar-refractivity contribution in [2.75, 3.05) is 25.9 Å². The number of carbonyl (C=O) groups is 1. The van der Waals surface area contributed by atoms with Gasteiger partial charge in [-0.25, -0.2) is 9.18 Å². The predicted molar refractivity (Wildman–Crippen MR) is 70.0 cm³/mol. The van der Waals surface area contributed by atoms with E-state index in [0.29, 0.717) is 18.8 Å². The zero-order chi connectivity index (χ0) is 13.8. The average Bonchev–Trinajstić information content (AvgIpc) is 2.81. The maximum absolute atomic E-state index is 13.2. The molecular formula is C13H18FN3O2. The van der Waals surface area contributed by atoms with Crippen molar-refractivity contribution in [3.63, 3.8) is 0 Å². The van der Waals surface area contributed by atoms with Gasteiger partial charge in [-0.15, -0.1) is 0 Å². The molecule has 0 saturated carbocycles. The van der Waals surface area contributed by atoms with Crippen LogP contribution in [-0.4, -0.2) is 37.2 Å². The molecule has 2 rings (SSSR count). The number of amides is 1. The number of rotatable bonds is 3. The Bertz CT molecular complexity index is 467. The highest BCUT2D eigenvalue weighted by molar-refractivity contribution is 5.67. The number of halogens is 1. The molecular weight excluding hydrogens is 249 g/mol. The van der Waals surface area contributed by atoms with E-state index in [4.69, 9.17) is 5.73 Å². The number of hydrogen-bond acceptors (Lipinski definition) is 4. The predicted octanol–water partition coefficient (Wildman–Crippen LogP) is 1.34. The van der Waals surface area contributed by atoms with Crippen LogP contribution in [0.4, 0.5) is 14.9 Å². The zero-order valence-electron chi connectivity index (χ0n) is 10.9. The van der Waals surface area contributed by atoms with Gasteiger partial charge in [0.05, 0.1) is 7.11 Å². The molecule has 1 fully saturated rings. The second-order valence-electron chi connectivity index (χ2n) is 4.70. The van der Waals surface area contributed by atoms with Gasteiger partial charge in [0.2, 0.25) is 0 Å². The largest absolute Gasteiger partial charge is 0.453 e. The fourth-order valence-electron chi connectivity index (χ4n) is 2.27. The highest BCUT2D eigenvalue weighted by Gasteiger charge is 2.24. The van der Waals surface area contributed by atoms with Crippen molar-refractivity contribution < 1.29 is 13.9 Å². The van der Waals surface area contributed by atoms with Gasteiger partial charge < -0.3 is 15.8 Å². The molecule has 3 N–H and O–H groups in total. The lowest BCUT2D eigenvalue weighted by Gasteiger charge is -2.17. The third-order valence-electron chi connectivity index (χ3n) is 3.28. The van der Waals surface area contributed by atoms with Crippen molar-refractivity contribution in [1.82, 2.24) is 10.2 Å². The summed E-state index contributed by atoms with van der Waals surface area (Å²) in [6.45, 7) is 2.14. The van der Waals surface area contributed by atoms with E-state index in [1.165, 1.54) is 19.2 Å². The summed E-state index contributed by atoms with van der Waals surface area (Å²) in [5, 5.41) is 2.76. The summed E-state index contributed by atoms with van der Waals surface area (Å²) >= 11 is 0. The maximum Gasteiger partial charge on any atom is 0.407 e. The van der Waals surface area contributed by atoms with Crippen molar-refractivity contribution in [2.45, 2.75) is 19.0 Å². The smallest absolute Gasteiger partial charge is 0.407 e. The molecule has 1 aliphatic heterocycles. The first-order valence-corrected chi connectivity index (χ1v) is 6.19. The Kier molecular flexibility index (Phi) is 4.21. The molecule has 1 atom stereocenters. The lowest BCUT2D eigenvalue weighted by molar-refractivity contribution is 0.166. The Hall–Kier alpha value is -1.82. The maximum atomic E-state index is 13.2. The fraction of sp³-hybridized carbons (Fsp3) is 0.462. The van der Waals surface area contributed by atoms with Gasteiger partial charge in [-0.3, -0.25) is 4.90 Å². The minimum atomic E-state index is -0.419. The molecule has 0 aliphatic carbocycles. The average molecular weight is 267 g/mol. The van der Waals surface area contributed by atoms with E-state index in [1.54, 1.807) is 6.07 Å². The lowest BCUT2D eigenvalue weighted by atomic mass is 10.1. The Morgan fingerprint density at radius 3 is 3.16 bits per heavy atom. The Balaban J connectivity index is 1.91. The number of nitrogens with two attached hydrogens (primary N) is 1. The highest BCUT2D eigenvalue weighted by Crippen LogP contribution is 2.19. The number of hydrogen-bond donors (Lipinski definition) is 2. The van der Waals surface area contributed by atoms with Crippen molar-refractivity contribution in [1.29, 1.82) is 0 Å². The molecule has 104 valence electrons. The number of carbonyl (C=O) groups excluding carboxylic acids is 1. The van der Waals surface area contributed by atoms with E-state index >= 15 is 0 Å². The molecule has 1 aromatic carbocycles. The molecule has 5 nitrogen and oxygen atoms in total. The minimum Gasteiger partial charge on any atom is -0.453 e. The standard InChI is InChI=1S/C13H18FN3O2/c1-19-13(18)16-11-4-5-17(8-11)7-9-6-10(14)2-3-12(9)15/h2-3,6,11H,4-5,7-8,15H2,1H3,(H,16,18). The van der Waals surface area contributed by atoms with Crippen LogP contribution >= 0.6 is 0 Å². The van der Waals surface area contributed by atoms with E-state index in [1.807, 2.05) is 0 Å². The number of anilines is 1. The summed E-state index contributed by atoms with van der Waals surface area (Å²) in [5.74, 6) is -0.285. The number of methoxy groups -OCH3 is 1. The quantitative estimate of drug-likeness (QED) is 0.811. The normalized spacial score (nSPS) is 19.4. The second-order valence-corrected chi connectivity index (χ2v) is 4.70. The summed E-state index contributed by atoms with van der Waals surface area (Å²) in [5.41, 5.74) is 7.19. The summed E-state index contributed by atoms with van der Waals surface area (Å²) in [7, 11) is 1.34. The van der Waals surface area contributed by atoms with Crippen LogP contribution in [0.25, 0.3) is 0 Å². The third kappa shape index (κ3) is 3.57. The molecule has 1 saturated heterocycles. The Morgan fingerprint density at radius 2 is 2.42 bits per heavy atom. The van der Waals surface area contributed by atoms with Crippen LogP contribution in [0.2, 0.25) is 0 Å². The number of nitrogens with one attached hydrogen (secondary N) is 1. The van der Waals surface area contributed by atoms with Gasteiger partial charge in [0.15, 0.2) is 0 Å². The molecule has 1 amide bonds. The minimum absolute atomic E-state index is 0.0715. The lowest BCUT2D eigenvalue weighted by Crippen LogP contribution is -2.36. The van der Waals surface area contributed by atoms with Crippen LogP contribution in [0.3, 0.4) is 0 Å². The van der Waals surface area contributed by atoms with Gasteiger partial charge in [0, 0.05) is 31.4 Å². The molecule has 1 aromatic rings. The zero-order valence-corrected chi connectivity index (χ0v) is 10.9. The van der Waals surface area contributed by atoms with E-state index in [-0.39, 0.29) is 11.9 Å². The third-order valence-corrected chi connectivity index (χ3v) is 3.28. The van der Waals surface area contributed by atoms with Crippen molar-refractivity contribution in [3.05, 3.63) is 29.6 Å². The van der Waals surface area contributed by atoms with Gasteiger partial charge in [0.1, 0.15) is 5.82 Å². The molecule has 0 aromatic heterocycles. The highest BCUT2D eigenvalue weighted by atomic mass is 19.1. The topological polar surface area (TPSA) is 67.6 Å². The second kappa shape index (κ2) is 5.88. The Labute approximate surface area is 111 Å². The van der Waals surface area contributed by atoms with E-state index < -0.39 is 6.09 Å². The first-order chi connectivity index (χ1) is 9.08.